The average molecular weight is 561 g/mol. The van der Waals surface area contributed by atoms with Crippen molar-refractivity contribution in [3.05, 3.63) is 99.8 Å². The number of alkyl halides is 3. The summed E-state index contributed by atoms with van der Waals surface area (Å²) in [6.07, 6.45) is -4.48. The molecule has 1 amide bonds. The Morgan fingerprint density at radius 1 is 1.11 bits per heavy atom. The van der Waals surface area contributed by atoms with Gasteiger partial charge >= 0.3 is 6.18 Å². The number of thioether (sulfide) groups is 1. The normalized spacial score (nSPS) is 12.3. The number of halogens is 4. The van der Waals surface area contributed by atoms with Crippen LogP contribution in [0.1, 0.15) is 45.8 Å². The van der Waals surface area contributed by atoms with Crippen molar-refractivity contribution in [3.63, 3.8) is 0 Å². The van der Waals surface area contributed by atoms with Gasteiger partial charge in [-0.05, 0) is 73.5 Å². The highest BCUT2D eigenvalue weighted by atomic mass is 35.5. The van der Waals surface area contributed by atoms with E-state index in [0.717, 1.165) is 46.8 Å². The maximum Gasteiger partial charge on any atom is 0.416 e. The molecular formula is C27H24ClF3N4O2S. The topological polar surface area (TPSA) is 69.0 Å². The zero-order valence-corrected chi connectivity index (χ0v) is 22.3. The van der Waals surface area contributed by atoms with Gasteiger partial charge in [0, 0.05) is 16.3 Å². The third kappa shape index (κ3) is 6.31. The maximum atomic E-state index is 12.9. The first-order chi connectivity index (χ1) is 18.1. The lowest BCUT2D eigenvalue weighted by Crippen LogP contribution is -2.28. The molecule has 0 radical (unpaired) electrons. The molecule has 4 aromatic rings. The van der Waals surface area contributed by atoms with Crippen LogP contribution in [-0.4, -0.2) is 27.8 Å². The minimum Gasteiger partial charge on any atom is -0.497 e. The second-order valence-corrected chi connectivity index (χ2v) is 9.90. The summed E-state index contributed by atoms with van der Waals surface area (Å²) in [5, 5.41) is 12.7. The third-order valence-corrected chi connectivity index (χ3v) is 7.02. The second-order valence-electron chi connectivity index (χ2n) is 8.52. The standard InChI is InChI=1S/C27H24ClF3N4O2S/c1-16-7-12-21(28)14-23(16)35-24(33-34-26(35)38-15-18-5-4-6-22(13-18)37-3)17(2)32-25(36)19-8-10-20(11-9-19)27(29,30)31/h4-14,17H,15H2,1-3H3,(H,32,36). The van der Waals surface area contributed by atoms with Crippen LogP contribution in [0.4, 0.5) is 13.2 Å². The monoisotopic (exact) mass is 560 g/mol. The van der Waals surface area contributed by atoms with Gasteiger partial charge in [0.15, 0.2) is 11.0 Å². The lowest BCUT2D eigenvalue weighted by atomic mass is 10.1. The Morgan fingerprint density at radius 2 is 1.84 bits per heavy atom. The van der Waals surface area contributed by atoms with Crippen molar-refractivity contribution < 1.29 is 22.7 Å². The summed E-state index contributed by atoms with van der Waals surface area (Å²) in [6.45, 7) is 3.66. The lowest BCUT2D eigenvalue weighted by Gasteiger charge is -2.18. The molecule has 0 fully saturated rings. The van der Waals surface area contributed by atoms with Gasteiger partial charge in [0.1, 0.15) is 5.75 Å². The van der Waals surface area contributed by atoms with Gasteiger partial charge in [0.05, 0.1) is 24.4 Å². The van der Waals surface area contributed by atoms with E-state index in [9.17, 15) is 18.0 Å². The van der Waals surface area contributed by atoms with Crippen LogP contribution in [-0.2, 0) is 11.9 Å². The molecule has 0 spiro atoms. The first kappa shape index (κ1) is 27.5. The number of carbonyl (C=O) groups excluding carboxylic acids is 1. The average Bonchev–Trinajstić information content (AvgIpc) is 3.32. The number of rotatable bonds is 8. The van der Waals surface area contributed by atoms with Crippen LogP contribution in [0, 0.1) is 6.92 Å². The molecule has 0 saturated heterocycles. The first-order valence-electron chi connectivity index (χ1n) is 11.5. The molecule has 1 aromatic heterocycles. The number of nitrogens with zero attached hydrogens (tertiary/aromatic N) is 3. The molecule has 0 aliphatic carbocycles. The van der Waals surface area contributed by atoms with E-state index in [2.05, 4.69) is 15.5 Å². The summed E-state index contributed by atoms with van der Waals surface area (Å²) < 4.78 is 45.8. The molecular weight excluding hydrogens is 537 g/mol. The van der Waals surface area contributed by atoms with Crippen LogP contribution in [0.3, 0.4) is 0 Å². The predicted molar refractivity (Wildman–Crippen MR) is 141 cm³/mol. The van der Waals surface area contributed by atoms with E-state index in [1.165, 1.54) is 11.8 Å². The zero-order valence-electron chi connectivity index (χ0n) is 20.7. The van der Waals surface area contributed by atoms with E-state index >= 15 is 0 Å². The van der Waals surface area contributed by atoms with Crippen molar-refractivity contribution >= 4 is 29.3 Å². The van der Waals surface area contributed by atoms with Crippen molar-refractivity contribution in [2.24, 2.45) is 0 Å². The van der Waals surface area contributed by atoms with Gasteiger partial charge in [0.25, 0.3) is 5.91 Å². The van der Waals surface area contributed by atoms with Gasteiger partial charge in [-0.2, -0.15) is 13.2 Å². The lowest BCUT2D eigenvalue weighted by molar-refractivity contribution is -0.137. The maximum absolute atomic E-state index is 12.9. The van der Waals surface area contributed by atoms with Crippen LogP contribution >= 0.6 is 23.4 Å². The van der Waals surface area contributed by atoms with E-state index in [1.54, 1.807) is 26.2 Å². The number of ether oxygens (including phenoxy) is 1. The Balaban J connectivity index is 1.63. The van der Waals surface area contributed by atoms with Crippen LogP contribution in [0.25, 0.3) is 5.69 Å². The molecule has 0 aliphatic heterocycles. The number of aromatic nitrogens is 3. The van der Waals surface area contributed by atoms with Gasteiger partial charge in [-0.3, -0.25) is 9.36 Å². The smallest absolute Gasteiger partial charge is 0.416 e. The Kier molecular flexibility index (Phi) is 8.32. The first-order valence-corrected chi connectivity index (χ1v) is 12.9. The third-order valence-electron chi connectivity index (χ3n) is 5.78. The molecule has 0 bridgehead atoms. The summed E-state index contributed by atoms with van der Waals surface area (Å²) in [7, 11) is 1.61. The Bertz CT molecular complexity index is 1440. The Hall–Kier alpha value is -3.50. The highest BCUT2D eigenvalue weighted by Crippen LogP contribution is 2.32. The van der Waals surface area contributed by atoms with Gasteiger partial charge in [-0.25, -0.2) is 0 Å². The SMILES string of the molecule is COc1cccc(CSc2nnc(C(C)NC(=O)c3ccc(C(F)(F)F)cc3)n2-c2cc(Cl)ccc2C)c1. The van der Waals surface area contributed by atoms with Crippen molar-refractivity contribution in [3.8, 4) is 11.4 Å². The number of nitrogens with one attached hydrogen (secondary N) is 1. The fourth-order valence-electron chi connectivity index (χ4n) is 3.77. The van der Waals surface area contributed by atoms with E-state index in [-0.39, 0.29) is 5.56 Å². The Labute approximate surface area is 227 Å². The molecule has 198 valence electrons. The number of carbonyl (C=O) groups is 1. The number of hydrogen-bond acceptors (Lipinski definition) is 5. The van der Waals surface area contributed by atoms with Crippen molar-refractivity contribution in [2.45, 2.75) is 37.0 Å². The van der Waals surface area contributed by atoms with Gasteiger partial charge in [-0.1, -0.05) is 41.6 Å². The summed E-state index contributed by atoms with van der Waals surface area (Å²) in [5.41, 5.74) is 1.97. The van der Waals surface area contributed by atoms with Crippen molar-refractivity contribution in [2.75, 3.05) is 7.11 Å². The molecule has 4 rings (SSSR count). The minimum absolute atomic E-state index is 0.0995. The summed E-state index contributed by atoms with van der Waals surface area (Å²) in [5.74, 6) is 1.25. The molecule has 0 aliphatic rings. The highest BCUT2D eigenvalue weighted by Gasteiger charge is 2.30. The van der Waals surface area contributed by atoms with Gasteiger partial charge < -0.3 is 10.1 Å². The summed E-state index contributed by atoms with van der Waals surface area (Å²) in [4.78, 5) is 12.8. The largest absolute Gasteiger partial charge is 0.497 e. The minimum atomic E-state index is -4.48. The van der Waals surface area contributed by atoms with Crippen LogP contribution in [0.5, 0.6) is 5.75 Å². The van der Waals surface area contributed by atoms with E-state index in [4.69, 9.17) is 16.3 Å². The number of aryl methyl sites for hydroxylation is 1. The number of methoxy groups -OCH3 is 1. The molecule has 1 unspecified atom stereocenters. The van der Waals surface area contributed by atoms with Crippen LogP contribution < -0.4 is 10.1 Å². The van der Waals surface area contributed by atoms with E-state index in [0.29, 0.717) is 21.8 Å². The number of benzene rings is 3. The number of amides is 1. The molecule has 11 heteroatoms. The molecule has 0 saturated carbocycles. The van der Waals surface area contributed by atoms with Gasteiger partial charge in [0.2, 0.25) is 0 Å². The van der Waals surface area contributed by atoms with Crippen molar-refractivity contribution in [1.82, 2.24) is 20.1 Å². The molecule has 1 heterocycles. The Morgan fingerprint density at radius 3 is 2.53 bits per heavy atom. The van der Waals surface area contributed by atoms with Crippen molar-refractivity contribution in [1.29, 1.82) is 0 Å². The molecule has 38 heavy (non-hydrogen) atoms. The molecule has 3 aromatic carbocycles. The fraction of sp³-hybridized carbons (Fsp3) is 0.222. The van der Waals surface area contributed by atoms with Crippen LogP contribution in [0.15, 0.2) is 71.9 Å². The van der Waals surface area contributed by atoms with Crippen LogP contribution in [0.2, 0.25) is 5.02 Å². The predicted octanol–water partition coefficient (Wildman–Crippen LogP) is 7.04. The summed E-state index contributed by atoms with van der Waals surface area (Å²) in [6, 6.07) is 16.6. The quantitative estimate of drug-likeness (QED) is 0.234. The number of hydrogen-bond donors (Lipinski definition) is 1. The fourth-order valence-corrected chi connectivity index (χ4v) is 4.83. The molecule has 6 nitrogen and oxygen atoms in total. The molecule has 1 N–H and O–H groups in total. The second kappa shape index (κ2) is 11.5. The zero-order chi connectivity index (χ0) is 27.4. The highest BCUT2D eigenvalue weighted by molar-refractivity contribution is 7.98. The summed E-state index contributed by atoms with van der Waals surface area (Å²) >= 11 is 7.77. The van der Waals surface area contributed by atoms with E-state index < -0.39 is 23.7 Å². The van der Waals surface area contributed by atoms with E-state index in [1.807, 2.05) is 41.8 Å². The van der Waals surface area contributed by atoms with Gasteiger partial charge in [-0.15, -0.1) is 10.2 Å². The molecule has 1 atom stereocenters.